The molecule has 0 aliphatic carbocycles. The summed E-state index contributed by atoms with van der Waals surface area (Å²) >= 11 is 6.66. The molecular formula is C29H32ClN3O2. The summed E-state index contributed by atoms with van der Waals surface area (Å²) in [6, 6.07) is 25.2. The van der Waals surface area contributed by atoms with E-state index in [0.29, 0.717) is 23.8 Å². The van der Waals surface area contributed by atoms with Crippen LogP contribution >= 0.6 is 11.6 Å². The molecule has 1 aliphatic rings. The highest BCUT2D eigenvalue weighted by Crippen LogP contribution is 2.32. The second-order valence-corrected chi connectivity index (χ2v) is 10.3. The maximum Gasteiger partial charge on any atom is 0.236 e. The van der Waals surface area contributed by atoms with Gasteiger partial charge in [0.05, 0.1) is 16.6 Å². The van der Waals surface area contributed by atoms with Gasteiger partial charge in [-0.15, -0.1) is 0 Å². The van der Waals surface area contributed by atoms with Crippen molar-refractivity contribution in [1.29, 1.82) is 0 Å². The van der Waals surface area contributed by atoms with Crippen LogP contribution in [-0.2, 0) is 9.59 Å². The summed E-state index contributed by atoms with van der Waals surface area (Å²) in [5.74, 6) is -0.363. The van der Waals surface area contributed by atoms with Crippen LogP contribution < -0.4 is 10.2 Å². The van der Waals surface area contributed by atoms with E-state index in [1.807, 2.05) is 98.5 Å². The summed E-state index contributed by atoms with van der Waals surface area (Å²) in [6.45, 7) is 8.62. The summed E-state index contributed by atoms with van der Waals surface area (Å²) in [5.41, 5.74) is 3.05. The summed E-state index contributed by atoms with van der Waals surface area (Å²) < 4.78 is 0. The van der Waals surface area contributed by atoms with Crippen LogP contribution in [-0.4, -0.2) is 42.9 Å². The molecule has 0 unspecified atom stereocenters. The van der Waals surface area contributed by atoms with Gasteiger partial charge < -0.3 is 15.1 Å². The normalized spacial score (nSPS) is 14.2. The average Bonchev–Trinajstić information content (AvgIpc) is 2.85. The molecule has 2 amide bonds. The number of carbonyl (C=O) groups excluding carboxylic acids is 2. The first-order valence-electron chi connectivity index (χ1n) is 12.0. The molecule has 1 N–H and O–H groups in total. The van der Waals surface area contributed by atoms with E-state index in [0.717, 1.165) is 29.9 Å². The van der Waals surface area contributed by atoms with E-state index in [1.165, 1.54) is 0 Å². The van der Waals surface area contributed by atoms with Crippen molar-refractivity contribution in [2.45, 2.75) is 26.7 Å². The molecule has 0 spiro atoms. The summed E-state index contributed by atoms with van der Waals surface area (Å²) in [7, 11) is 0. The van der Waals surface area contributed by atoms with Gasteiger partial charge in [0, 0.05) is 37.3 Å². The SMILES string of the molecule is CC(C)(C)C(=O)N1CCN(c2ccc(NC(=O)C(c3ccccc3)c3ccccc3)cc2Cl)CC1. The Morgan fingerprint density at radius 1 is 0.829 bits per heavy atom. The van der Waals surface area contributed by atoms with Gasteiger partial charge in [-0.3, -0.25) is 9.59 Å². The Bertz CT molecular complexity index is 1130. The van der Waals surface area contributed by atoms with Gasteiger partial charge in [-0.2, -0.15) is 0 Å². The number of benzene rings is 3. The molecule has 1 heterocycles. The number of amides is 2. The van der Waals surface area contributed by atoms with E-state index in [4.69, 9.17) is 11.6 Å². The third-order valence-electron chi connectivity index (χ3n) is 6.29. The van der Waals surface area contributed by atoms with Crippen LogP contribution in [0.15, 0.2) is 78.9 Å². The number of anilines is 2. The monoisotopic (exact) mass is 489 g/mol. The molecule has 6 heteroatoms. The molecule has 1 fully saturated rings. The van der Waals surface area contributed by atoms with Crippen LogP contribution in [0.1, 0.15) is 37.8 Å². The largest absolute Gasteiger partial charge is 0.367 e. The third-order valence-corrected chi connectivity index (χ3v) is 6.60. The minimum atomic E-state index is -0.427. The number of hydrogen-bond donors (Lipinski definition) is 1. The number of hydrogen-bond acceptors (Lipinski definition) is 3. The molecule has 3 aromatic carbocycles. The van der Waals surface area contributed by atoms with E-state index in [-0.39, 0.29) is 17.2 Å². The first-order valence-corrected chi connectivity index (χ1v) is 12.4. The van der Waals surface area contributed by atoms with Gasteiger partial charge in [0.2, 0.25) is 11.8 Å². The fourth-order valence-corrected chi connectivity index (χ4v) is 4.77. The average molecular weight is 490 g/mol. The number of carbonyl (C=O) groups is 2. The molecule has 3 aromatic rings. The van der Waals surface area contributed by atoms with Crippen molar-refractivity contribution >= 4 is 34.8 Å². The molecule has 182 valence electrons. The molecule has 0 atom stereocenters. The Labute approximate surface area is 212 Å². The fourth-order valence-electron chi connectivity index (χ4n) is 4.47. The van der Waals surface area contributed by atoms with E-state index in [2.05, 4.69) is 10.2 Å². The number of halogens is 1. The van der Waals surface area contributed by atoms with E-state index >= 15 is 0 Å². The highest BCUT2D eigenvalue weighted by molar-refractivity contribution is 6.33. The van der Waals surface area contributed by atoms with Crippen LogP contribution in [0, 0.1) is 5.41 Å². The van der Waals surface area contributed by atoms with Gasteiger partial charge >= 0.3 is 0 Å². The van der Waals surface area contributed by atoms with Crippen LogP contribution in [0.5, 0.6) is 0 Å². The quantitative estimate of drug-likeness (QED) is 0.492. The lowest BCUT2D eigenvalue weighted by molar-refractivity contribution is -0.139. The first kappa shape index (κ1) is 24.8. The minimum absolute atomic E-state index is 0.111. The van der Waals surface area contributed by atoms with Gasteiger partial charge in [-0.1, -0.05) is 93.0 Å². The van der Waals surface area contributed by atoms with E-state index < -0.39 is 5.92 Å². The summed E-state index contributed by atoms with van der Waals surface area (Å²) in [4.78, 5) is 30.1. The Morgan fingerprint density at radius 3 is 1.86 bits per heavy atom. The van der Waals surface area contributed by atoms with Crippen molar-refractivity contribution in [3.8, 4) is 0 Å². The van der Waals surface area contributed by atoms with Crippen LogP contribution in [0.3, 0.4) is 0 Å². The van der Waals surface area contributed by atoms with E-state index in [9.17, 15) is 9.59 Å². The van der Waals surface area contributed by atoms with Crippen molar-refractivity contribution in [3.63, 3.8) is 0 Å². The summed E-state index contributed by atoms with van der Waals surface area (Å²) in [5, 5.41) is 3.63. The Balaban J connectivity index is 1.47. The lowest BCUT2D eigenvalue weighted by Gasteiger charge is -2.39. The molecule has 5 nitrogen and oxygen atoms in total. The zero-order chi connectivity index (χ0) is 25.0. The molecule has 1 aliphatic heterocycles. The topological polar surface area (TPSA) is 52.7 Å². The molecule has 4 rings (SSSR count). The number of piperazine rings is 1. The van der Waals surface area contributed by atoms with Crippen LogP contribution in [0.4, 0.5) is 11.4 Å². The lowest BCUT2D eigenvalue weighted by atomic mass is 9.90. The van der Waals surface area contributed by atoms with Crippen molar-refractivity contribution in [3.05, 3.63) is 95.0 Å². The third kappa shape index (κ3) is 5.85. The standard InChI is InChI=1S/C29H32ClN3O2/c1-29(2,3)28(35)33-18-16-32(17-19-33)25-15-14-23(20-24(25)30)31-27(34)26(21-10-6-4-7-11-21)22-12-8-5-9-13-22/h4-15,20,26H,16-19H2,1-3H3,(H,31,34). The van der Waals surface area contributed by atoms with Crippen molar-refractivity contribution < 1.29 is 9.59 Å². The van der Waals surface area contributed by atoms with Gasteiger partial charge in [-0.05, 0) is 29.3 Å². The maximum atomic E-state index is 13.4. The zero-order valence-electron chi connectivity index (χ0n) is 20.5. The molecule has 35 heavy (non-hydrogen) atoms. The zero-order valence-corrected chi connectivity index (χ0v) is 21.3. The molecule has 0 saturated carbocycles. The molecule has 0 bridgehead atoms. The highest BCUT2D eigenvalue weighted by Gasteiger charge is 2.30. The van der Waals surface area contributed by atoms with Crippen molar-refractivity contribution in [2.75, 3.05) is 36.4 Å². The molecule has 0 aromatic heterocycles. The van der Waals surface area contributed by atoms with Crippen LogP contribution in [0.2, 0.25) is 5.02 Å². The lowest BCUT2D eigenvalue weighted by Crippen LogP contribution is -2.51. The first-order chi connectivity index (χ1) is 16.7. The van der Waals surface area contributed by atoms with E-state index in [1.54, 1.807) is 6.07 Å². The summed E-state index contributed by atoms with van der Waals surface area (Å²) in [6.07, 6.45) is 0. The smallest absolute Gasteiger partial charge is 0.236 e. The Kier molecular flexibility index (Phi) is 7.46. The highest BCUT2D eigenvalue weighted by atomic mass is 35.5. The van der Waals surface area contributed by atoms with Gasteiger partial charge in [0.1, 0.15) is 0 Å². The molecule has 0 radical (unpaired) electrons. The second-order valence-electron chi connectivity index (χ2n) is 9.94. The Hall–Kier alpha value is -3.31. The predicted octanol–water partition coefficient (Wildman–Crippen LogP) is 5.81. The fraction of sp³-hybridized carbons (Fsp3) is 0.310. The number of rotatable bonds is 5. The second kappa shape index (κ2) is 10.5. The van der Waals surface area contributed by atoms with Gasteiger partial charge in [0.15, 0.2) is 0 Å². The van der Waals surface area contributed by atoms with Gasteiger partial charge in [0.25, 0.3) is 0 Å². The van der Waals surface area contributed by atoms with Crippen molar-refractivity contribution in [2.24, 2.45) is 5.41 Å². The maximum absolute atomic E-state index is 13.4. The molecular weight excluding hydrogens is 458 g/mol. The van der Waals surface area contributed by atoms with Crippen LogP contribution in [0.25, 0.3) is 0 Å². The predicted molar refractivity (Wildman–Crippen MR) is 143 cm³/mol. The number of nitrogens with one attached hydrogen (secondary N) is 1. The number of nitrogens with zero attached hydrogens (tertiary/aromatic N) is 2. The Morgan fingerprint density at radius 2 is 1.37 bits per heavy atom. The molecule has 1 saturated heterocycles. The van der Waals surface area contributed by atoms with Crippen molar-refractivity contribution in [1.82, 2.24) is 4.90 Å². The van der Waals surface area contributed by atoms with Gasteiger partial charge in [-0.25, -0.2) is 0 Å². The minimum Gasteiger partial charge on any atom is -0.367 e.